The highest BCUT2D eigenvalue weighted by molar-refractivity contribution is 7.92. The molecule has 0 fully saturated rings. The lowest BCUT2D eigenvalue weighted by molar-refractivity contribution is -0.119. The molecule has 2 aromatic rings. The van der Waals surface area contributed by atoms with Gasteiger partial charge in [0.25, 0.3) is 0 Å². The maximum absolute atomic E-state index is 13.3. The zero-order chi connectivity index (χ0) is 18.4. The number of nitrogens with zero attached hydrogens (tertiary/aromatic N) is 1. The van der Waals surface area contributed by atoms with Crippen molar-refractivity contribution in [3.63, 3.8) is 0 Å². The lowest BCUT2D eigenvalue weighted by atomic mass is 10.1. The largest absolute Gasteiger partial charge is 0.354 e. The van der Waals surface area contributed by atoms with E-state index in [1.54, 1.807) is 12.1 Å². The van der Waals surface area contributed by atoms with E-state index in [9.17, 15) is 17.6 Å². The van der Waals surface area contributed by atoms with Crippen LogP contribution in [0.4, 0.5) is 10.1 Å². The van der Waals surface area contributed by atoms with Crippen molar-refractivity contribution < 1.29 is 17.6 Å². The minimum atomic E-state index is -3.72. The summed E-state index contributed by atoms with van der Waals surface area (Å²) in [5, 5.41) is 3.27. The van der Waals surface area contributed by atoms with Gasteiger partial charge < -0.3 is 5.32 Å². The summed E-state index contributed by atoms with van der Waals surface area (Å²) in [5.41, 5.74) is 1.06. The third-order valence-electron chi connectivity index (χ3n) is 3.41. The Balaban J connectivity index is 1.98. The van der Waals surface area contributed by atoms with Gasteiger partial charge in [0, 0.05) is 11.6 Å². The lowest BCUT2D eigenvalue weighted by Crippen LogP contribution is -2.41. The van der Waals surface area contributed by atoms with Crippen LogP contribution in [0.25, 0.3) is 0 Å². The molecule has 0 saturated heterocycles. The van der Waals surface area contributed by atoms with E-state index in [4.69, 9.17) is 11.6 Å². The van der Waals surface area contributed by atoms with Gasteiger partial charge in [-0.1, -0.05) is 29.8 Å². The molecule has 5 nitrogen and oxygen atoms in total. The molecule has 0 radical (unpaired) electrons. The Morgan fingerprint density at radius 2 is 1.92 bits per heavy atom. The number of nitrogens with one attached hydrogen (secondary N) is 1. The van der Waals surface area contributed by atoms with Gasteiger partial charge in [0.2, 0.25) is 15.9 Å². The summed E-state index contributed by atoms with van der Waals surface area (Å²) < 4.78 is 38.0. The zero-order valence-corrected chi connectivity index (χ0v) is 15.1. The van der Waals surface area contributed by atoms with Crippen LogP contribution in [0.5, 0.6) is 0 Å². The second kappa shape index (κ2) is 8.31. The Bertz CT molecular complexity index is 858. The van der Waals surface area contributed by atoms with Crippen LogP contribution >= 0.6 is 11.6 Å². The van der Waals surface area contributed by atoms with Crippen molar-refractivity contribution in [3.05, 3.63) is 64.9 Å². The standard InChI is InChI=1S/C17H18ClFN2O3S/c1-25(23,24)21(16-7-3-6-15(19)11-16)12-17(22)20-9-8-13-4-2-5-14(18)10-13/h2-7,10-11H,8-9,12H2,1H3,(H,20,22). The van der Waals surface area contributed by atoms with Crippen molar-refractivity contribution in [2.24, 2.45) is 0 Å². The molecule has 0 aromatic heterocycles. The van der Waals surface area contributed by atoms with E-state index >= 15 is 0 Å². The number of anilines is 1. The summed E-state index contributed by atoms with van der Waals surface area (Å²) in [6, 6.07) is 12.3. The molecule has 0 unspecified atom stereocenters. The summed E-state index contributed by atoms with van der Waals surface area (Å²) in [5.74, 6) is -1.05. The van der Waals surface area contributed by atoms with E-state index in [1.807, 2.05) is 12.1 Å². The van der Waals surface area contributed by atoms with Crippen molar-refractivity contribution >= 4 is 33.2 Å². The van der Waals surface area contributed by atoms with E-state index < -0.39 is 28.3 Å². The average molecular weight is 385 g/mol. The average Bonchev–Trinajstić information content (AvgIpc) is 2.51. The number of sulfonamides is 1. The van der Waals surface area contributed by atoms with Gasteiger partial charge in [-0.15, -0.1) is 0 Å². The van der Waals surface area contributed by atoms with Crippen LogP contribution in [0.15, 0.2) is 48.5 Å². The molecule has 0 aliphatic carbocycles. The van der Waals surface area contributed by atoms with E-state index in [0.717, 1.165) is 22.2 Å². The Hall–Kier alpha value is -2.12. The Morgan fingerprint density at radius 1 is 1.20 bits per heavy atom. The number of rotatable bonds is 7. The first-order valence-corrected chi connectivity index (χ1v) is 9.73. The number of carbonyl (C=O) groups excluding carboxylic acids is 1. The van der Waals surface area contributed by atoms with Crippen LogP contribution in [0.2, 0.25) is 5.02 Å². The minimum Gasteiger partial charge on any atom is -0.354 e. The maximum atomic E-state index is 13.3. The molecule has 0 bridgehead atoms. The van der Waals surface area contributed by atoms with Crippen LogP contribution in [-0.4, -0.2) is 33.7 Å². The molecule has 1 amide bonds. The highest BCUT2D eigenvalue weighted by atomic mass is 35.5. The third kappa shape index (κ3) is 6.03. The number of hydrogen-bond donors (Lipinski definition) is 1. The normalized spacial score (nSPS) is 11.2. The summed E-state index contributed by atoms with van der Waals surface area (Å²) in [7, 11) is -3.72. The number of benzene rings is 2. The molecule has 8 heteroatoms. The van der Waals surface area contributed by atoms with Crippen LogP contribution < -0.4 is 9.62 Å². The zero-order valence-electron chi connectivity index (χ0n) is 13.6. The predicted molar refractivity (Wildman–Crippen MR) is 96.8 cm³/mol. The van der Waals surface area contributed by atoms with E-state index in [-0.39, 0.29) is 5.69 Å². The number of carbonyl (C=O) groups is 1. The van der Waals surface area contributed by atoms with E-state index in [2.05, 4.69) is 5.32 Å². The quantitative estimate of drug-likeness (QED) is 0.798. The van der Waals surface area contributed by atoms with Crippen LogP contribution in [0, 0.1) is 5.82 Å². The van der Waals surface area contributed by atoms with Gasteiger partial charge in [-0.05, 0) is 42.3 Å². The Labute approximate surface area is 151 Å². The van der Waals surface area contributed by atoms with Crippen molar-refractivity contribution in [1.82, 2.24) is 5.32 Å². The molecule has 1 N–H and O–H groups in total. The second-order valence-electron chi connectivity index (χ2n) is 5.48. The third-order valence-corrected chi connectivity index (χ3v) is 4.78. The highest BCUT2D eigenvalue weighted by Crippen LogP contribution is 2.18. The van der Waals surface area contributed by atoms with Gasteiger partial charge in [-0.2, -0.15) is 0 Å². The molecule has 134 valence electrons. The van der Waals surface area contributed by atoms with Crippen LogP contribution in [0.3, 0.4) is 0 Å². The summed E-state index contributed by atoms with van der Waals surface area (Å²) in [4.78, 5) is 12.1. The van der Waals surface area contributed by atoms with Gasteiger partial charge in [-0.3, -0.25) is 9.10 Å². The smallest absolute Gasteiger partial charge is 0.240 e. The number of amides is 1. The first kappa shape index (κ1) is 19.2. The van der Waals surface area contributed by atoms with E-state index in [0.29, 0.717) is 18.0 Å². The summed E-state index contributed by atoms with van der Waals surface area (Å²) in [6.07, 6.45) is 1.53. The van der Waals surface area contributed by atoms with Gasteiger partial charge in [0.05, 0.1) is 11.9 Å². The van der Waals surface area contributed by atoms with Gasteiger partial charge in [-0.25, -0.2) is 12.8 Å². The molecular weight excluding hydrogens is 367 g/mol. The molecule has 0 spiro atoms. The van der Waals surface area contributed by atoms with Crippen molar-refractivity contribution in [1.29, 1.82) is 0 Å². The fraction of sp³-hybridized carbons (Fsp3) is 0.235. The first-order chi connectivity index (χ1) is 11.8. The highest BCUT2D eigenvalue weighted by Gasteiger charge is 2.21. The molecule has 0 atom stereocenters. The van der Waals surface area contributed by atoms with Crippen molar-refractivity contribution in [2.45, 2.75) is 6.42 Å². The summed E-state index contributed by atoms with van der Waals surface area (Å²) in [6.45, 7) is -0.0856. The molecular formula is C17H18ClFN2O3S. The number of hydrogen-bond acceptors (Lipinski definition) is 3. The van der Waals surface area contributed by atoms with Gasteiger partial charge in [0.15, 0.2) is 0 Å². The lowest BCUT2D eigenvalue weighted by Gasteiger charge is -2.21. The van der Waals surface area contributed by atoms with Crippen molar-refractivity contribution in [3.8, 4) is 0 Å². The Morgan fingerprint density at radius 3 is 2.56 bits per heavy atom. The predicted octanol–water partition coefficient (Wildman–Crippen LogP) is 2.60. The monoisotopic (exact) mass is 384 g/mol. The van der Waals surface area contributed by atoms with Crippen molar-refractivity contribution in [2.75, 3.05) is 23.7 Å². The van der Waals surface area contributed by atoms with E-state index in [1.165, 1.54) is 18.2 Å². The first-order valence-electron chi connectivity index (χ1n) is 7.50. The molecule has 0 aliphatic rings. The fourth-order valence-corrected chi connectivity index (χ4v) is 3.32. The molecule has 0 heterocycles. The molecule has 2 aromatic carbocycles. The molecule has 0 saturated carbocycles. The van der Waals surface area contributed by atoms with Crippen LogP contribution in [-0.2, 0) is 21.2 Å². The maximum Gasteiger partial charge on any atom is 0.240 e. The SMILES string of the molecule is CS(=O)(=O)N(CC(=O)NCCc1cccc(Cl)c1)c1cccc(F)c1. The number of halogens is 2. The second-order valence-corrected chi connectivity index (χ2v) is 7.82. The summed E-state index contributed by atoms with van der Waals surface area (Å²) >= 11 is 5.89. The molecule has 25 heavy (non-hydrogen) atoms. The molecule has 2 rings (SSSR count). The van der Waals surface area contributed by atoms with Gasteiger partial charge in [0.1, 0.15) is 12.4 Å². The van der Waals surface area contributed by atoms with Gasteiger partial charge >= 0.3 is 0 Å². The molecule has 0 aliphatic heterocycles. The Kier molecular flexibility index (Phi) is 6.39. The topological polar surface area (TPSA) is 66.5 Å². The van der Waals surface area contributed by atoms with Crippen LogP contribution in [0.1, 0.15) is 5.56 Å². The minimum absolute atomic E-state index is 0.104. The fourth-order valence-electron chi connectivity index (χ4n) is 2.26.